The van der Waals surface area contributed by atoms with Gasteiger partial charge in [0.15, 0.2) is 0 Å². The normalized spacial score (nSPS) is 10.4. The molecule has 0 aliphatic carbocycles. The van der Waals surface area contributed by atoms with Crippen LogP contribution in [-0.2, 0) is 6.42 Å². The zero-order valence-electron chi connectivity index (χ0n) is 8.85. The van der Waals surface area contributed by atoms with Crippen LogP contribution in [0.25, 0.3) is 5.69 Å². The van der Waals surface area contributed by atoms with Crippen LogP contribution in [0.15, 0.2) is 35.1 Å². The summed E-state index contributed by atoms with van der Waals surface area (Å²) in [5, 5.41) is 4.27. The zero-order chi connectivity index (χ0) is 11.5. The molecule has 0 bridgehead atoms. The average Bonchev–Trinajstić information content (AvgIpc) is 2.77. The van der Waals surface area contributed by atoms with Crippen molar-refractivity contribution in [2.75, 3.05) is 0 Å². The molecule has 1 aromatic carbocycles. The van der Waals surface area contributed by atoms with E-state index in [2.05, 4.69) is 28.0 Å². The van der Waals surface area contributed by atoms with Crippen LogP contribution in [0, 0.1) is 0 Å². The minimum absolute atomic E-state index is 0.651. The number of nitrogens with zero attached hydrogens (tertiary/aromatic N) is 2. The van der Waals surface area contributed by atoms with E-state index in [-0.39, 0.29) is 0 Å². The van der Waals surface area contributed by atoms with E-state index in [0.717, 1.165) is 22.9 Å². The lowest BCUT2D eigenvalue weighted by Gasteiger charge is -2.04. The van der Waals surface area contributed by atoms with Crippen molar-refractivity contribution in [3.63, 3.8) is 0 Å². The molecule has 0 aliphatic rings. The van der Waals surface area contributed by atoms with Crippen molar-refractivity contribution in [1.29, 1.82) is 0 Å². The molecule has 0 amide bonds. The second kappa shape index (κ2) is 4.61. The Morgan fingerprint density at radius 1 is 1.50 bits per heavy atom. The molecular formula is C12H11BrN2O. The van der Waals surface area contributed by atoms with Crippen molar-refractivity contribution in [1.82, 2.24) is 9.78 Å². The maximum atomic E-state index is 10.6. The van der Waals surface area contributed by atoms with Crippen molar-refractivity contribution < 1.29 is 4.79 Å². The van der Waals surface area contributed by atoms with Crippen molar-refractivity contribution in [3.05, 3.63) is 46.2 Å². The molecule has 0 aliphatic heterocycles. The Morgan fingerprint density at radius 2 is 2.31 bits per heavy atom. The van der Waals surface area contributed by atoms with Crippen molar-refractivity contribution in [3.8, 4) is 5.69 Å². The molecule has 1 aromatic heterocycles. The fraction of sp³-hybridized carbons (Fsp3) is 0.167. The molecule has 0 saturated carbocycles. The summed E-state index contributed by atoms with van der Waals surface area (Å²) in [4.78, 5) is 10.6. The van der Waals surface area contributed by atoms with Crippen LogP contribution in [0.5, 0.6) is 0 Å². The van der Waals surface area contributed by atoms with Crippen LogP contribution < -0.4 is 0 Å². The quantitative estimate of drug-likeness (QED) is 0.809. The van der Waals surface area contributed by atoms with Gasteiger partial charge in [-0.3, -0.25) is 4.79 Å². The predicted octanol–water partition coefficient (Wildman–Crippen LogP) is 3.01. The highest BCUT2D eigenvalue weighted by Crippen LogP contribution is 2.21. The SMILES string of the molecule is CCc1cnn(-c2ccc(C=O)cc2Br)c1. The van der Waals surface area contributed by atoms with E-state index < -0.39 is 0 Å². The molecule has 0 saturated heterocycles. The molecular weight excluding hydrogens is 268 g/mol. The maximum Gasteiger partial charge on any atom is 0.150 e. The topological polar surface area (TPSA) is 34.9 Å². The van der Waals surface area contributed by atoms with Crippen LogP contribution >= 0.6 is 15.9 Å². The van der Waals surface area contributed by atoms with Gasteiger partial charge in [0.2, 0.25) is 0 Å². The van der Waals surface area contributed by atoms with Gasteiger partial charge in [-0.15, -0.1) is 0 Å². The van der Waals surface area contributed by atoms with E-state index in [0.29, 0.717) is 5.56 Å². The molecule has 4 heteroatoms. The van der Waals surface area contributed by atoms with E-state index in [4.69, 9.17) is 0 Å². The Hall–Kier alpha value is -1.42. The lowest BCUT2D eigenvalue weighted by Crippen LogP contribution is -1.96. The first-order valence-corrected chi connectivity index (χ1v) is 5.82. The van der Waals surface area contributed by atoms with Gasteiger partial charge in [0.05, 0.1) is 11.9 Å². The number of benzene rings is 1. The van der Waals surface area contributed by atoms with Gasteiger partial charge < -0.3 is 0 Å². The minimum atomic E-state index is 0.651. The Kier molecular flexibility index (Phi) is 3.19. The number of hydrogen-bond acceptors (Lipinski definition) is 2. The summed E-state index contributed by atoms with van der Waals surface area (Å²) in [5.41, 5.74) is 2.77. The Bertz CT molecular complexity index is 519. The second-order valence-corrected chi connectivity index (χ2v) is 4.33. The predicted molar refractivity (Wildman–Crippen MR) is 66.0 cm³/mol. The van der Waals surface area contributed by atoms with Gasteiger partial charge in [0, 0.05) is 16.2 Å². The van der Waals surface area contributed by atoms with Gasteiger partial charge in [-0.25, -0.2) is 4.68 Å². The van der Waals surface area contributed by atoms with Gasteiger partial charge in [0.1, 0.15) is 6.29 Å². The molecule has 82 valence electrons. The monoisotopic (exact) mass is 278 g/mol. The van der Waals surface area contributed by atoms with Crippen LogP contribution in [0.1, 0.15) is 22.8 Å². The first kappa shape index (κ1) is 11.1. The molecule has 0 N–H and O–H groups in total. The standard InChI is InChI=1S/C12H11BrN2O/c1-2-9-6-14-15(7-9)12-4-3-10(8-16)5-11(12)13/h3-8H,2H2,1H3. The lowest BCUT2D eigenvalue weighted by molar-refractivity contribution is 0.112. The average molecular weight is 279 g/mol. The summed E-state index contributed by atoms with van der Waals surface area (Å²) < 4.78 is 2.67. The number of halogens is 1. The summed E-state index contributed by atoms with van der Waals surface area (Å²) in [6.07, 6.45) is 5.62. The smallest absolute Gasteiger partial charge is 0.150 e. The van der Waals surface area contributed by atoms with Crippen LogP contribution in [0.4, 0.5) is 0 Å². The third-order valence-corrected chi connectivity index (χ3v) is 3.03. The molecule has 2 rings (SSSR count). The highest BCUT2D eigenvalue weighted by Gasteiger charge is 2.05. The number of carbonyl (C=O) groups is 1. The Labute approximate surface area is 102 Å². The third-order valence-electron chi connectivity index (χ3n) is 2.40. The summed E-state index contributed by atoms with van der Waals surface area (Å²) >= 11 is 3.44. The van der Waals surface area contributed by atoms with Crippen LogP contribution in [0.3, 0.4) is 0 Å². The van der Waals surface area contributed by atoms with Gasteiger partial charge in [-0.1, -0.05) is 6.92 Å². The van der Waals surface area contributed by atoms with Crippen molar-refractivity contribution >= 4 is 22.2 Å². The van der Waals surface area contributed by atoms with E-state index in [1.807, 2.05) is 18.5 Å². The zero-order valence-corrected chi connectivity index (χ0v) is 10.4. The fourth-order valence-electron chi connectivity index (χ4n) is 1.46. The summed E-state index contributed by atoms with van der Waals surface area (Å²) in [6.45, 7) is 2.09. The summed E-state index contributed by atoms with van der Waals surface area (Å²) in [6, 6.07) is 5.44. The Balaban J connectivity index is 2.43. The number of hydrogen-bond donors (Lipinski definition) is 0. The number of carbonyl (C=O) groups excluding carboxylic acids is 1. The second-order valence-electron chi connectivity index (χ2n) is 3.48. The molecule has 0 spiro atoms. The first-order chi connectivity index (χ1) is 7.74. The van der Waals surface area contributed by atoms with Crippen molar-refractivity contribution in [2.24, 2.45) is 0 Å². The Morgan fingerprint density at radius 3 is 2.88 bits per heavy atom. The molecule has 1 heterocycles. The number of rotatable bonds is 3. The van der Waals surface area contributed by atoms with Crippen LogP contribution in [-0.4, -0.2) is 16.1 Å². The molecule has 16 heavy (non-hydrogen) atoms. The minimum Gasteiger partial charge on any atom is -0.298 e. The highest BCUT2D eigenvalue weighted by molar-refractivity contribution is 9.10. The van der Waals surface area contributed by atoms with Gasteiger partial charge in [0.25, 0.3) is 0 Å². The molecule has 0 radical (unpaired) electrons. The van der Waals surface area contributed by atoms with E-state index in [1.165, 1.54) is 5.56 Å². The van der Waals surface area contributed by atoms with Gasteiger partial charge >= 0.3 is 0 Å². The highest BCUT2D eigenvalue weighted by atomic mass is 79.9. The van der Waals surface area contributed by atoms with Crippen LogP contribution in [0.2, 0.25) is 0 Å². The molecule has 0 fully saturated rings. The van der Waals surface area contributed by atoms with Gasteiger partial charge in [-0.2, -0.15) is 5.10 Å². The first-order valence-electron chi connectivity index (χ1n) is 5.03. The molecule has 0 unspecified atom stereocenters. The van der Waals surface area contributed by atoms with E-state index in [1.54, 1.807) is 16.8 Å². The number of aromatic nitrogens is 2. The molecule has 2 aromatic rings. The summed E-state index contributed by atoms with van der Waals surface area (Å²) in [5.74, 6) is 0. The van der Waals surface area contributed by atoms with E-state index >= 15 is 0 Å². The van der Waals surface area contributed by atoms with Gasteiger partial charge in [-0.05, 0) is 46.1 Å². The van der Waals surface area contributed by atoms with E-state index in [9.17, 15) is 4.79 Å². The third kappa shape index (κ3) is 2.07. The lowest BCUT2D eigenvalue weighted by atomic mass is 10.2. The molecule has 0 atom stereocenters. The summed E-state index contributed by atoms with van der Waals surface area (Å²) in [7, 11) is 0. The fourth-order valence-corrected chi connectivity index (χ4v) is 2.03. The largest absolute Gasteiger partial charge is 0.298 e. The molecule has 3 nitrogen and oxygen atoms in total. The number of aryl methyl sites for hydroxylation is 1. The number of aldehydes is 1. The maximum absolute atomic E-state index is 10.6. The van der Waals surface area contributed by atoms with Crippen molar-refractivity contribution in [2.45, 2.75) is 13.3 Å².